The molecule has 0 saturated carbocycles. The average Bonchev–Trinajstić information content (AvgIpc) is 2.74. The number of amides is 1. The van der Waals surface area contributed by atoms with Crippen LogP contribution in [0, 0.1) is 0 Å². The number of rotatable bonds is 4. The minimum Gasteiger partial charge on any atom is -0.364 e. The Morgan fingerprint density at radius 1 is 1.32 bits per heavy atom. The van der Waals surface area contributed by atoms with Crippen molar-refractivity contribution in [2.24, 2.45) is 0 Å². The molecule has 0 bridgehead atoms. The van der Waals surface area contributed by atoms with E-state index in [1.807, 2.05) is 42.2 Å². The molecule has 1 amide bonds. The van der Waals surface area contributed by atoms with E-state index in [1.165, 1.54) is 0 Å². The molecular weight excluding hydrogens is 240 g/mol. The van der Waals surface area contributed by atoms with Gasteiger partial charge in [0.05, 0.1) is 0 Å². The van der Waals surface area contributed by atoms with Gasteiger partial charge < -0.3 is 15.0 Å². The molecule has 0 aromatic heterocycles. The number of ether oxygens (including phenoxy) is 1. The molecule has 19 heavy (non-hydrogen) atoms. The second-order valence-electron chi connectivity index (χ2n) is 4.67. The molecular formula is C15H22N2O2. The average molecular weight is 262 g/mol. The zero-order valence-corrected chi connectivity index (χ0v) is 11.5. The molecule has 1 aromatic carbocycles. The van der Waals surface area contributed by atoms with Gasteiger partial charge in [0.25, 0.3) is 5.91 Å². The second-order valence-corrected chi connectivity index (χ2v) is 4.67. The van der Waals surface area contributed by atoms with E-state index in [0.717, 1.165) is 38.2 Å². The van der Waals surface area contributed by atoms with Crippen molar-refractivity contribution in [1.29, 1.82) is 0 Å². The lowest BCUT2D eigenvalue weighted by Crippen LogP contribution is -2.38. The summed E-state index contributed by atoms with van der Waals surface area (Å²) in [5.41, 5.74) is 0.937. The van der Waals surface area contributed by atoms with Gasteiger partial charge in [0.1, 0.15) is 0 Å². The Balaban J connectivity index is 2.11. The summed E-state index contributed by atoms with van der Waals surface area (Å²) >= 11 is 0. The molecule has 1 aliphatic rings. The first-order valence-electron chi connectivity index (χ1n) is 6.99. The lowest BCUT2D eigenvalue weighted by molar-refractivity contribution is -0.143. The van der Waals surface area contributed by atoms with Crippen molar-refractivity contribution in [1.82, 2.24) is 10.2 Å². The van der Waals surface area contributed by atoms with Crippen molar-refractivity contribution in [3.8, 4) is 0 Å². The third-order valence-corrected chi connectivity index (χ3v) is 3.31. The Morgan fingerprint density at radius 3 is 2.84 bits per heavy atom. The highest BCUT2D eigenvalue weighted by atomic mass is 16.5. The Kier molecular flexibility index (Phi) is 5.36. The molecule has 4 heteroatoms. The monoisotopic (exact) mass is 262 g/mol. The van der Waals surface area contributed by atoms with Crippen LogP contribution in [0.5, 0.6) is 0 Å². The van der Waals surface area contributed by atoms with E-state index in [2.05, 4.69) is 5.32 Å². The van der Waals surface area contributed by atoms with Gasteiger partial charge in [0, 0.05) is 26.2 Å². The third-order valence-electron chi connectivity index (χ3n) is 3.31. The van der Waals surface area contributed by atoms with E-state index in [9.17, 15) is 4.79 Å². The Bertz CT molecular complexity index is 386. The highest BCUT2D eigenvalue weighted by molar-refractivity contribution is 5.82. The van der Waals surface area contributed by atoms with Crippen molar-refractivity contribution in [2.75, 3.05) is 32.8 Å². The number of carbonyl (C=O) groups excluding carboxylic acids is 1. The van der Waals surface area contributed by atoms with E-state index in [0.29, 0.717) is 6.61 Å². The van der Waals surface area contributed by atoms with Gasteiger partial charge in [-0.2, -0.15) is 0 Å². The number of benzene rings is 1. The fraction of sp³-hybridized carbons (Fsp3) is 0.533. The summed E-state index contributed by atoms with van der Waals surface area (Å²) < 4.78 is 5.67. The topological polar surface area (TPSA) is 41.6 Å². The SMILES string of the molecule is CCOC(C(=O)N1CCCNCC1)c1ccccc1. The molecule has 2 rings (SSSR count). The molecule has 4 nitrogen and oxygen atoms in total. The highest BCUT2D eigenvalue weighted by Gasteiger charge is 2.26. The van der Waals surface area contributed by atoms with Crippen LogP contribution < -0.4 is 5.32 Å². The van der Waals surface area contributed by atoms with Crippen LogP contribution in [0.15, 0.2) is 30.3 Å². The maximum atomic E-state index is 12.6. The van der Waals surface area contributed by atoms with Crippen LogP contribution in [0.3, 0.4) is 0 Å². The van der Waals surface area contributed by atoms with Crippen molar-refractivity contribution < 1.29 is 9.53 Å². The summed E-state index contributed by atoms with van der Waals surface area (Å²) in [6, 6.07) is 9.74. The fourth-order valence-corrected chi connectivity index (χ4v) is 2.34. The van der Waals surface area contributed by atoms with Crippen molar-refractivity contribution >= 4 is 5.91 Å². The zero-order chi connectivity index (χ0) is 13.5. The van der Waals surface area contributed by atoms with Crippen molar-refractivity contribution in [3.05, 3.63) is 35.9 Å². The predicted octanol–water partition coefficient (Wildman–Crippen LogP) is 1.59. The summed E-state index contributed by atoms with van der Waals surface area (Å²) in [7, 11) is 0. The van der Waals surface area contributed by atoms with Crippen molar-refractivity contribution in [2.45, 2.75) is 19.4 Å². The molecule has 1 aliphatic heterocycles. The van der Waals surface area contributed by atoms with Crippen LogP contribution in [-0.4, -0.2) is 43.6 Å². The van der Waals surface area contributed by atoms with Gasteiger partial charge in [-0.1, -0.05) is 30.3 Å². The lowest BCUT2D eigenvalue weighted by atomic mass is 10.1. The van der Waals surface area contributed by atoms with Gasteiger partial charge >= 0.3 is 0 Å². The minimum atomic E-state index is -0.468. The molecule has 1 aromatic rings. The quantitative estimate of drug-likeness (QED) is 0.896. The fourth-order valence-electron chi connectivity index (χ4n) is 2.34. The first-order chi connectivity index (χ1) is 9.33. The summed E-state index contributed by atoms with van der Waals surface area (Å²) in [6.07, 6.45) is 0.531. The summed E-state index contributed by atoms with van der Waals surface area (Å²) in [6.45, 7) is 5.87. The summed E-state index contributed by atoms with van der Waals surface area (Å²) in [4.78, 5) is 14.5. The maximum Gasteiger partial charge on any atom is 0.256 e. The van der Waals surface area contributed by atoms with Gasteiger partial charge in [0.2, 0.25) is 0 Å². The first-order valence-corrected chi connectivity index (χ1v) is 6.99. The smallest absolute Gasteiger partial charge is 0.256 e. The van der Waals surface area contributed by atoms with Crippen LogP contribution in [0.4, 0.5) is 0 Å². The Labute approximate surface area is 114 Å². The summed E-state index contributed by atoms with van der Waals surface area (Å²) in [5.74, 6) is 0.0803. The van der Waals surface area contributed by atoms with Gasteiger partial charge in [-0.05, 0) is 25.5 Å². The molecule has 0 aliphatic carbocycles. The largest absolute Gasteiger partial charge is 0.364 e. The number of hydrogen-bond acceptors (Lipinski definition) is 3. The Hall–Kier alpha value is -1.39. The van der Waals surface area contributed by atoms with E-state index in [-0.39, 0.29) is 5.91 Å². The lowest BCUT2D eigenvalue weighted by Gasteiger charge is -2.26. The normalized spacial score (nSPS) is 17.8. The van der Waals surface area contributed by atoms with Gasteiger partial charge in [0.15, 0.2) is 6.10 Å². The van der Waals surface area contributed by atoms with Crippen LogP contribution in [0.1, 0.15) is 25.0 Å². The molecule has 0 spiro atoms. The number of hydrogen-bond donors (Lipinski definition) is 1. The number of nitrogens with one attached hydrogen (secondary N) is 1. The number of carbonyl (C=O) groups is 1. The first kappa shape index (κ1) is 14.0. The van der Waals surface area contributed by atoms with E-state index < -0.39 is 6.10 Å². The molecule has 1 atom stereocenters. The minimum absolute atomic E-state index is 0.0803. The molecule has 104 valence electrons. The van der Waals surface area contributed by atoms with Crippen LogP contribution in [-0.2, 0) is 9.53 Å². The zero-order valence-electron chi connectivity index (χ0n) is 11.5. The predicted molar refractivity (Wildman–Crippen MR) is 74.9 cm³/mol. The molecule has 1 saturated heterocycles. The maximum absolute atomic E-state index is 12.6. The van der Waals surface area contributed by atoms with E-state index >= 15 is 0 Å². The van der Waals surface area contributed by atoms with Gasteiger partial charge in [-0.25, -0.2) is 0 Å². The van der Waals surface area contributed by atoms with Gasteiger partial charge in [-0.15, -0.1) is 0 Å². The van der Waals surface area contributed by atoms with Crippen molar-refractivity contribution in [3.63, 3.8) is 0 Å². The third kappa shape index (κ3) is 3.78. The molecule has 1 N–H and O–H groups in total. The van der Waals surface area contributed by atoms with Gasteiger partial charge in [-0.3, -0.25) is 4.79 Å². The summed E-state index contributed by atoms with van der Waals surface area (Å²) in [5, 5.41) is 3.31. The highest BCUT2D eigenvalue weighted by Crippen LogP contribution is 2.20. The second kappa shape index (κ2) is 7.26. The molecule has 1 heterocycles. The van der Waals surface area contributed by atoms with Crippen LogP contribution in [0.2, 0.25) is 0 Å². The Morgan fingerprint density at radius 2 is 2.11 bits per heavy atom. The van der Waals surface area contributed by atoms with Crippen LogP contribution >= 0.6 is 0 Å². The van der Waals surface area contributed by atoms with E-state index in [4.69, 9.17) is 4.74 Å². The van der Waals surface area contributed by atoms with E-state index in [1.54, 1.807) is 0 Å². The standard InChI is InChI=1S/C15H22N2O2/c1-2-19-14(13-7-4-3-5-8-13)15(18)17-11-6-9-16-10-12-17/h3-5,7-8,14,16H,2,6,9-12H2,1H3. The molecule has 0 radical (unpaired) electrons. The molecule has 1 fully saturated rings. The van der Waals surface area contributed by atoms with Crippen LogP contribution in [0.25, 0.3) is 0 Å². The number of nitrogens with zero attached hydrogens (tertiary/aromatic N) is 1. The molecule has 1 unspecified atom stereocenters.